The Morgan fingerprint density at radius 3 is 2.30 bits per heavy atom. The molecule has 2 aromatic carbocycles. The molecule has 1 amide bonds. The molecule has 0 saturated heterocycles. The lowest BCUT2D eigenvalue weighted by atomic mass is 9.98. The summed E-state index contributed by atoms with van der Waals surface area (Å²) in [5.41, 5.74) is 3.00. The Balaban J connectivity index is 1.70. The number of aliphatic hydroxyl groups excluding tert-OH is 1. The fourth-order valence-corrected chi connectivity index (χ4v) is 5.31. The number of primary sulfonamides is 1. The predicted molar refractivity (Wildman–Crippen MR) is 128 cm³/mol. The van der Waals surface area contributed by atoms with E-state index in [0.717, 1.165) is 42.5 Å². The van der Waals surface area contributed by atoms with Crippen LogP contribution in [0.5, 0.6) is 0 Å². The summed E-state index contributed by atoms with van der Waals surface area (Å²) in [6.45, 7) is 4.06. The van der Waals surface area contributed by atoms with Crippen molar-refractivity contribution < 1.29 is 23.1 Å². The summed E-state index contributed by atoms with van der Waals surface area (Å²) in [5.74, 6) is 0. The molecule has 9 heteroatoms. The number of amides is 1. The van der Waals surface area contributed by atoms with Gasteiger partial charge in [0.25, 0.3) is 0 Å². The number of nitrogens with two attached hydrogens (primary N) is 1. The van der Waals surface area contributed by atoms with Crippen LogP contribution in [0.15, 0.2) is 47.4 Å². The van der Waals surface area contributed by atoms with E-state index in [1.165, 1.54) is 18.6 Å². The topological polar surface area (TPSA) is 113 Å². The van der Waals surface area contributed by atoms with Gasteiger partial charge in [0.1, 0.15) is 12.3 Å². The van der Waals surface area contributed by atoms with E-state index in [4.69, 9.17) is 9.88 Å². The first-order chi connectivity index (χ1) is 15.6. The Morgan fingerprint density at radius 1 is 1.06 bits per heavy atom. The molecule has 0 radical (unpaired) electrons. The summed E-state index contributed by atoms with van der Waals surface area (Å²) in [5, 5.41) is 15.6. The maximum atomic E-state index is 13.2. The van der Waals surface area contributed by atoms with Crippen molar-refractivity contribution in [2.75, 3.05) is 16.3 Å². The molecule has 4 rings (SSSR count). The molecule has 33 heavy (non-hydrogen) atoms. The lowest BCUT2D eigenvalue weighted by molar-refractivity contribution is 0.0798. The minimum atomic E-state index is -3.78. The second kappa shape index (κ2) is 9.32. The first-order valence-electron chi connectivity index (χ1n) is 11.4. The number of fused-ring (bicyclic) bond motifs is 1. The molecule has 0 bridgehead atoms. The van der Waals surface area contributed by atoms with Crippen LogP contribution in [0.1, 0.15) is 46.0 Å². The zero-order chi connectivity index (χ0) is 23.8. The Kier molecular flexibility index (Phi) is 6.65. The number of ether oxygens (including phenoxy) is 1. The van der Waals surface area contributed by atoms with Crippen LogP contribution in [0.3, 0.4) is 0 Å². The SMILES string of the molecule is CC(O)N1c2ccc(-c3ccc(S(N)(=O)=O)cc3)cc2N(C(=O)OC2CCCCC2)C[C@@H]1C. The summed E-state index contributed by atoms with van der Waals surface area (Å²) >= 11 is 0. The molecule has 1 unspecified atom stereocenters. The minimum Gasteiger partial charge on any atom is -0.446 e. The fraction of sp³-hybridized carbons (Fsp3) is 0.458. The quantitative estimate of drug-likeness (QED) is 0.698. The normalized spacial score (nSPS) is 20.3. The van der Waals surface area contributed by atoms with Gasteiger partial charge in [0.2, 0.25) is 10.0 Å². The maximum Gasteiger partial charge on any atom is 0.414 e. The lowest BCUT2D eigenvalue weighted by Gasteiger charge is -2.43. The van der Waals surface area contributed by atoms with Gasteiger partial charge in [0.05, 0.1) is 16.3 Å². The molecular formula is C24H31N3O5S. The summed E-state index contributed by atoms with van der Waals surface area (Å²) in [6.07, 6.45) is 3.93. The van der Waals surface area contributed by atoms with Crippen molar-refractivity contribution in [3.8, 4) is 11.1 Å². The molecule has 1 heterocycles. The van der Waals surface area contributed by atoms with Crippen molar-refractivity contribution in [1.29, 1.82) is 0 Å². The van der Waals surface area contributed by atoms with Gasteiger partial charge in [-0.15, -0.1) is 0 Å². The van der Waals surface area contributed by atoms with Crippen molar-refractivity contribution >= 4 is 27.5 Å². The van der Waals surface area contributed by atoms with Crippen LogP contribution >= 0.6 is 0 Å². The number of rotatable bonds is 4. The van der Waals surface area contributed by atoms with Crippen molar-refractivity contribution in [3.63, 3.8) is 0 Å². The van der Waals surface area contributed by atoms with E-state index in [2.05, 4.69) is 0 Å². The van der Waals surface area contributed by atoms with E-state index in [0.29, 0.717) is 12.2 Å². The van der Waals surface area contributed by atoms with Crippen molar-refractivity contribution in [3.05, 3.63) is 42.5 Å². The number of aliphatic hydroxyl groups is 1. The third-order valence-electron chi connectivity index (χ3n) is 6.42. The van der Waals surface area contributed by atoms with Crippen LogP contribution in [0, 0.1) is 0 Å². The van der Waals surface area contributed by atoms with Crippen molar-refractivity contribution in [1.82, 2.24) is 0 Å². The number of carbonyl (C=O) groups is 1. The molecule has 1 saturated carbocycles. The van der Waals surface area contributed by atoms with Gasteiger partial charge in [0, 0.05) is 12.6 Å². The Labute approximate surface area is 195 Å². The van der Waals surface area contributed by atoms with Crippen LogP contribution < -0.4 is 14.9 Å². The highest BCUT2D eigenvalue weighted by molar-refractivity contribution is 7.89. The van der Waals surface area contributed by atoms with E-state index in [1.807, 2.05) is 30.0 Å². The number of anilines is 2. The smallest absolute Gasteiger partial charge is 0.414 e. The highest BCUT2D eigenvalue weighted by Gasteiger charge is 2.35. The summed E-state index contributed by atoms with van der Waals surface area (Å²) in [7, 11) is -3.78. The molecule has 2 aliphatic rings. The van der Waals surface area contributed by atoms with E-state index < -0.39 is 16.3 Å². The van der Waals surface area contributed by atoms with Gasteiger partial charge in [-0.1, -0.05) is 24.6 Å². The number of hydrogen-bond acceptors (Lipinski definition) is 6. The average molecular weight is 474 g/mol. The third-order valence-corrected chi connectivity index (χ3v) is 7.35. The average Bonchev–Trinajstić information content (AvgIpc) is 2.78. The summed E-state index contributed by atoms with van der Waals surface area (Å²) < 4.78 is 29.0. The van der Waals surface area contributed by atoms with E-state index >= 15 is 0 Å². The number of nitrogens with zero attached hydrogens (tertiary/aromatic N) is 2. The van der Waals surface area contributed by atoms with Crippen LogP contribution in [0.2, 0.25) is 0 Å². The van der Waals surface area contributed by atoms with Gasteiger partial charge < -0.3 is 14.7 Å². The molecule has 178 valence electrons. The monoisotopic (exact) mass is 473 g/mol. The van der Waals surface area contributed by atoms with E-state index in [-0.39, 0.29) is 23.1 Å². The number of benzene rings is 2. The molecule has 0 spiro atoms. The van der Waals surface area contributed by atoms with Gasteiger partial charge in [-0.05, 0) is 74.9 Å². The highest BCUT2D eigenvalue weighted by Crippen LogP contribution is 2.40. The van der Waals surface area contributed by atoms with Crippen LogP contribution in [-0.4, -0.2) is 44.5 Å². The zero-order valence-electron chi connectivity index (χ0n) is 19.0. The molecule has 3 N–H and O–H groups in total. The number of sulfonamides is 1. The van der Waals surface area contributed by atoms with Crippen LogP contribution in [0.25, 0.3) is 11.1 Å². The van der Waals surface area contributed by atoms with Gasteiger partial charge >= 0.3 is 6.09 Å². The second-order valence-electron chi connectivity index (χ2n) is 8.92. The molecule has 2 aromatic rings. The Bertz CT molecular complexity index is 1110. The number of hydrogen-bond donors (Lipinski definition) is 2. The second-order valence-corrected chi connectivity index (χ2v) is 10.5. The van der Waals surface area contributed by atoms with E-state index in [9.17, 15) is 18.3 Å². The standard InChI is InChI=1S/C24H31N3O5S/c1-16-15-26(24(29)32-20-6-4-3-5-7-20)23-14-19(10-13-22(23)27(16)17(2)28)18-8-11-21(12-9-18)33(25,30)31/h8-14,16-17,20,28H,3-7,15H2,1-2H3,(H2,25,30,31)/t16-,17?/m0/s1. The fourth-order valence-electron chi connectivity index (χ4n) is 4.79. The first kappa shape index (κ1) is 23.5. The van der Waals surface area contributed by atoms with Gasteiger partial charge in [-0.2, -0.15) is 0 Å². The Morgan fingerprint density at radius 2 is 1.70 bits per heavy atom. The van der Waals surface area contributed by atoms with Crippen molar-refractivity contribution in [2.45, 2.75) is 69.2 Å². The maximum absolute atomic E-state index is 13.2. The molecule has 1 fully saturated rings. The molecule has 2 atom stereocenters. The first-order valence-corrected chi connectivity index (χ1v) is 12.9. The van der Waals surface area contributed by atoms with E-state index in [1.54, 1.807) is 24.0 Å². The molecular weight excluding hydrogens is 442 g/mol. The molecule has 1 aliphatic carbocycles. The number of carbonyl (C=O) groups excluding carboxylic acids is 1. The highest BCUT2D eigenvalue weighted by atomic mass is 32.2. The van der Waals surface area contributed by atoms with Gasteiger partial charge in [-0.3, -0.25) is 4.90 Å². The molecule has 8 nitrogen and oxygen atoms in total. The van der Waals surface area contributed by atoms with Crippen molar-refractivity contribution in [2.24, 2.45) is 5.14 Å². The van der Waals surface area contributed by atoms with Crippen LogP contribution in [-0.2, 0) is 14.8 Å². The molecule has 1 aliphatic heterocycles. The predicted octanol–water partition coefficient (Wildman–Crippen LogP) is 3.82. The summed E-state index contributed by atoms with van der Waals surface area (Å²) in [6, 6.07) is 11.8. The van der Waals surface area contributed by atoms with Gasteiger partial charge in [-0.25, -0.2) is 18.4 Å². The Hall–Kier alpha value is -2.62. The largest absolute Gasteiger partial charge is 0.446 e. The third kappa shape index (κ3) is 5.00. The van der Waals surface area contributed by atoms with Crippen LogP contribution in [0.4, 0.5) is 16.2 Å². The lowest BCUT2D eigenvalue weighted by Crippen LogP contribution is -2.53. The van der Waals surface area contributed by atoms with Gasteiger partial charge in [0.15, 0.2) is 0 Å². The summed E-state index contributed by atoms with van der Waals surface area (Å²) in [4.78, 5) is 16.8. The zero-order valence-corrected chi connectivity index (χ0v) is 19.8. The minimum absolute atomic E-state index is 0.0380. The molecule has 0 aromatic heterocycles.